The van der Waals surface area contributed by atoms with Crippen molar-refractivity contribution in [2.45, 2.75) is 38.5 Å². The summed E-state index contributed by atoms with van der Waals surface area (Å²) in [5, 5.41) is 3.80. The van der Waals surface area contributed by atoms with Crippen molar-refractivity contribution in [2.75, 3.05) is 45.9 Å². The van der Waals surface area contributed by atoms with Crippen molar-refractivity contribution in [1.82, 2.24) is 10.2 Å². The lowest BCUT2D eigenvalue weighted by Crippen LogP contribution is -2.48. The first-order valence-corrected chi connectivity index (χ1v) is 9.39. The monoisotopic (exact) mass is 292 g/mol. The molecule has 0 unspecified atom stereocenters. The van der Waals surface area contributed by atoms with Gasteiger partial charge >= 0.3 is 0 Å². The molecular weight excluding hydrogens is 260 g/mol. The quantitative estimate of drug-likeness (QED) is 0.761. The molecule has 0 amide bonds. The Morgan fingerprint density at radius 2 is 1.57 bits per heavy atom. The molecule has 0 atom stereocenters. The van der Waals surface area contributed by atoms with E-state index >= 15 is 0 Å². The molecule has 4 bridgehead atoms. The average molecular weight is 292 g/mol. The van der Waals surface area contributed by atoms with Gasteiger partial charge in [0.25, 0.3) is 0 Å². The minimum atomic E-state index is 0.932. The lowest BCUT2D eigenvalue weighted by molar-refractivity contribution is -0.0354. The molecule has 120 valence electrons. The van der Waals surface area contributed by atoms with Gasteiger partial charge in [-0.2, -0.15) is 0 Å². The number of hydrogen-bond donors (Lipinski definition) is 1. The maximum absolute atomic E-state index is 5.40. The number of nitrogens with zero attached hydrogens (tertiary/aromatic N) is 1. The fourth-order valence-corrected chi connectivity index (χ4v) is 5.89. The molecule has 0 aromatic heterocycles. The van der Waals surface area contributed by atoms with Crippen LogP contribution >= 0.6 is 0 Å². The molecule has 3 nitrogen and oxygen atoms in total. The first-order chi connectivity index (χ1) is 10.4. The van der Waals surface area contributed by atoms with Crippen molar-refractivity contribution in [3.8, 4) is 0 Å². The molecular formula is C18H32N2O. The Kier molecular flexibility index (Phi) is 4.52. The van der Waals surface area contributed by atoms with Crippen LogP contribution < -0.4 is 5.32 Å². The molecule has 0 aromatic rings. The maximum Gasteiger partial charge on any atom is 0.0594 e. The zero-order chi connectivity index (χ0) is 14.1. The summed E-state index contributed by atoms with van der Waals surface area (Å²) >= 11 is 0. The van der Waals surface area contributed by atoms with E-state index in [-0.39, 0.29) is 0 Å². The van der Waals surface area contributed by atoms with E-state index in [1.165, 1.54) is 26.1 Å². The summed E-state index contributed by atoms with van der Waals surface area (Å²) in [5.41, 5.74) is 0. The average Bonchev–Trinajstić information content (AvgIpc) is 2.50. The lowest BCUT2D eigenvalue weighted by atomic mass is 9.52. The van der Waals surface area contributed by atoms with E-state index in [2.05, 4.69) is 10.2 Å². The first-order valence-electron chi connectivity index (χ1n) is 9.39. The number of hydrogen-bond acceptors (Lipinski definition) is 3. The van der Waals surface area contributed by atoms with Crippen molar-refractivity contribution in [3.05, 3.63) is 0 Å². The van der Waals surface area contributed by atoms with Crippen molar-refractivity contribution in [3.63, 3.8) is 0 Å². The van der Waals surface area contributed by atoms with Crippen LogP contribution in [0.3, 0.4) is 0 Å². The summed E-state index contributed by atoms with van der Waals surface area (Å²) in [4.78, 5) is 2.55. The minimum absolute atomic E-state index is 0.932. The second-order valence-corrected chi connectivity index (χ2v) is 8.11. The highest BCUT2D eigenvalue weighted by Crippen LogP contribution is 2.56. The Labute approximate surface area is 129 Å². The predicted octanol–water partition coefficient (Wildman–Crippen LogP) is 2.37. The maximum atomic E-state index is 5.40. The van der Waals surface area contributed by atoms with Crippen LogP contribution in [0.15, 0.2) is 0 Å². The van der Waals surface area contributed by atoms with E-state index in [0.29, 0.717) is 0 Å². The molecule has 3 heteroatoms. The molecule has 5 aliphatic rings. The van der Waals surface area contributed by atoms with Crippen molar-refractivity contribution in [1.29, 1.82) is 0 Å². The molecule has 4 aliphatic carbocycles. The van der Waals surface area contributed by atoms with Crippen molar-refractivity contribution >= 4 is 0 Å². The summed E-state index contributed by atoms with van der Waals surface area (Å²) in [6.07, 6.45) is 9.13. The largest absolute Gasteiger partial charge is 0.379 e. The molecule has 1 heterocycles. The smallest absolute Gasteiger partial charge is 0.0594 e. The van der Waals surface area contributed by atoms with Gasteiger partial charge in [0.1, 0.15) is 0 Å². The lowest BCUT2D eigenvalue weighted by Gasteiger charge is -2.54. The van der Waals surface area contributed by atoms with Gasteiger partial charge in [0.15, 0.2) is 0 Å². The Morgan fingerprint density at radius 3 is 2.24 bits per heavy atom. The number of ether oxygens (including phenoxy) is 1. The number of nitrogens with one attached hydrogen (secondary N) is 1. The summed E-state index contributed by atoms with van der Waals surface area (Å²) in [6.45, 7) is 7.89. The second kappa shape index (κ2) is 6.55. The van der Waals surface area contributed by atoms with E-state index < -0.39 is 0 Å². The SMILES string of the molecule is C(CNCC1C2CC3CC(C2)CC1C3)CN1CCOCC1. The Bertz CT molecular complexity index is 312. The molecule has 0 spiro atoms. The third-order valence-corrected chi connectivity index (χ3v) is 6.73. The van der Waals surface area contributed by atoms with Crippen LogP contribution in [0.4, 0.5) is 0 Å². The summed E-state index contributed by atoms with van der Waals surface area (Å²) in [6, 6.07) is 0. The van der Waals surface area contributed by atoms with Gasteiger partial charge in [-0.1, -0.05) is 0 Å². The van der Waals surface area contributed by atoms with Gasteiger partial charge in [-0.25, -0.2) is 0 Å². The first kappa shape index (κ1) is 14.5. The van der Waals surface area contributed by atoms with Gasteiger partial charge in [0.2, 0.25) is 0 Å². The van der Waals surface area contributed by atoms with Crippen LogP contribution in [0.5, 0.6) is 0 Å². The molecule has 21 heavy (non-hydrogen) atoms. The summed E-state index contributed by atoms with van der Waals surface area (Å²) in [5.74, 6) is 5.40. The van der Waals surface area contributed by atoms with Crippen molar-refractivity contribution in [2.24, 2.45) is 29.6 Å². The van der Waals surface area contributed by atoms with Crippen LogP contribution in [0, 0.1) is 29.6 Å². The highest BCUT2D eigenvalue weighted by Gasteiger charge is 2.47. The standard InChI is InChI=1S/C18H32N2O/c1(3-20-4-6-21-7-5-20)2-19-13-18-16-9-14-8-15(11-16)12-17(18)10-14/h14-19H,1-13H2. The minimum Gasteiger partial charge on any atom is -0.379 e. The van der Waals surface area contributed by atoms with E-state index in [9.17, 15) is 0 Å². The van der Waals surface area contributed by atoms with E-state index in [1.807, 2.05) is 0 Å². The van der Waals surface area contributed by atoms with Crippen LogP contribution in [-0.2, 0) is 4.74 Å². The van der Waals surface area contributed by atoms with Gasteiger partial charge in [0.05, 0.1) is 13.2 Å². The van der Waals surface area contributed by atoms with Crippen LogP contribution in [0.1, 0.15) is 38.5 Å². The normalized spacial score (nSPS) is 42.6. The van der Waals surface area contributed by atoms with Gasteiger partial charge in [0, 0.05) is 13.1 Å². The second-order valence-electron chi connectivity index (χ2n) is 8.11. The fourth-order valence-electron chi connectivity index (χ4n) is 5.89. The summed E-state index contributed by atoms with van der Waals surface area (Å²) in [7, 11) is 0. The molecule has 1 N–H and O–H groups in total. The predicted molar refractivity (Wildman–Crippen MR) is 85.3 cm³/mol. The Morgan fingerprint density at radius 1 is 0.905 bits per heavy atom. The summed E-state index contributed by atoms with van der Waals surface area (Å²) < 4.78 is 5.40. The number of rotatable bonds is 6. The van der Waals surface area contributed by atoms with Crippen LogP contribution in [0.25, 0.3) is 0 Å². The van der Waals surface area contributed by atoms with Gasteiger partial charge in [-0.05, 0) is 87.7 Å². The van der Waals surface area contributed by atoms with Gasteiger partial charge in [-0.3, -0.25) is 4.90 Å². The molecule has 5 fully saturated rings. The highest BCUT2D eigenvalue weighted by molar-refractivity contribution is 4.98. The molecule has 0 aromatic carbocycles. The molecule has 4 saturated carbocycles. The number of morpholine rings is 1. The molecule has 5 rings (SSSR count). The van der Waals surface area contributed by atoms with Crippen molar-refractivity contribution < 1.29 is 4.74 Å². The third kappa shape index (κ3) is 3.30. The molecule has 0 radical (unpaired) electrons. The zero-order valence-corrected chi connectivity index (χ0v) is 13.4. The third-order valence-electron chi connectivity index (χ3n) is 6.73. The van der Waals surface area contributed by atoms with Gasteiger partial charge < -0.3 is 10.1 Å². The van der Waals surface area contributed by atoms with Crippen LogP contribution in [0.2, 0.25) is 0 Å². The topological polar surface area (TPSA) is 24.5 Å². The highest BCUT2D eigenvalue weighted by atomic mass is 16.5. The Hall–Kier alpha value is -0.120. The Balaban J connectivity index is 1.14. The van der Waals surface area contributed by atoms with Crippen LogP contribution in [-0.4, -0.2) is 50.8 Å². The zero-order valence-electron chi connectivity index (χ0n) is 13.4. The van der Waals surface area contributed by atoms with E-state index in [0.717, 1.165) is 55.9 Å². The van der Waals surface area contributed by atoms with Gasteiger partial charge in [-0.15, -0.1) is 0 Å². The molecule has 1 aliphatic heterocycles. The fraction of sp³-hybridized carbons (Fsp3) is 1.00. The van der Waals surface area contributed by atoms with E-state index in [4.69, 9.17) is 4.74 Å². The van der Waals surface area contributed by atoms with E-state index in [1.54, 1.807) is 32.1 Å². The molecule has 1 saturated heterocycles.